The van der Waals surface area contributed by atoms with E-state index in [0.29, 0.717) is 23.7 Å². The number of pyridine rings is 1. The number of Topliss-reactive ketones (excluding diaryl/α,β-unsaturated/α-hetero) is 1. The molecule has 0 bridgehead atoms. The van der Waals surface area contributed by atoms with Crippen molar-refractivity contribution in [2.45, 2.75) is 26.2 Å². The largest absolute Gasteiger partial charge is 0.496 e. The molecule has 0 amide bonds. The molecule has 2 aromatic carbocycles. The highest BCUT2D eigenvalue weighted by molar-refractivity contribution is 6.05. The summed E-state index contributed by atoms with van der Waals surface area (Å²) >= 11 is 0. The SMILES string of the molecule is COc1cc(N(CC2CC2)c2ccc(C)c3ncccc23)ccc1C(=O)C1CC1C(=O)O. The fraction of sp³-hybridized carbons (Fsp3) is 0.346. The fourth-order valence-corrected chi connectivity index (χ4v) is 4.44. The lowest BCUT2D eigenvalue weighted by Crippen LogP contribution is -2.21. The smallest absolute Gasteiger partial charge is 0.307 e. The molecule has 0 aliphatic heterocycles. The molecule has 6 heteroatoms. The zero-order valence-electron chi connectivity index (χ0n) is 18.2. The number of methoxy groups -OCH3 is 1. The molecule has 164 valence electrons. The number of hydrogen-bond acceptors (Lipinski definition) is 5. The quantitative estimate of drug-likeness (QED) is 0.507. The van der Waals surface area contributed by atoms with Gasteiger partial charge in [0.25, 0.3) is 0 Å². The number of fused-ring (bicyclic) bond motifs is 1. The number of aryl methyl sites for hydroxylation is 1. The number of anilines is 2. The topological polar surface area (TPSA) is 79.7 Å². The number of rotatable bonds is 8. The minimum atomic E-state index is -0.908. The summed E-state index contributed by atoms with van der Waals surface area (Å²) in [6.45, 7) is 2.95. The Hall–Kier alpha value is -3.41. The summed E-state index contributed by atoms with van der Waals surface area (Å²) < 4.78 is 5.59. The van der Waals surface area contributed by atoms with E-state index >= 15 is 0 Å². The molecule has 5 rings (SSSR count). The van der Waals surface area contributed by atoms with Crippen molar-refractivity contribution in [3.05, 3.63) is 59.8 Å². The normalized spacial score (nSPS) is 19.6. The predicted molar refractivity (Wildman–Crippen MR) is 123 cm³/mol. The molecule has 32 heavy (non-hydrogen) atoms. The summed E-state index contributed by atoms with van der Waals surface area (Å²) in [5.74, 6) is -0.975. The monoisotopic (exact) mass is 430 g/mol. The summed E-state index contributed by atoms with van der Waals surface area (Å²) in [6, 6.07) is 13.9. The van der Waals surface area contributed by atoms with Crippen LogP contribution in [-0.2, 0) is 4.79 Å². The van der Waals surface area contributed by atoms with E-state index in [1.165, 1.54) is 12.8 Å². The van der Waals surface area contributed by atoms with Gasteiger partial charge in [0.05, 0.1) is 29.8 Å². The van der Waals surface area contributed by atoms with Crippen LogP contribution >= 0.6 is 0 Å². The number of carboxylic acid groups (broad SMARTS) is 1. The number of ether oxygens (including phenoxy) is 1. The van der Waals surface area contributed by atoms with Gasteiger partial charge < -0.3 is 14.7 Å². The molecule has 6 nitrogen and oxygen atoms in total. The Balaban J connectivity index is 1.54. The molecule has 0 radical (unpaired) electrons. The molecule has 0 spiro atoms. The maximum absolute atomic E-state index is 12.9. The van der Waals surface area contributed by atoms with E-state index in [4.69, 9.17) is 4.74 Å². The first-order chi connectivity index (χ1) is 15.5. The Bertz CT molecular complexity index is 1220. The molecule has 2 atom stereocenters. The number of ketones is 1. The van der Waals surface area contributed by atoms with E-state index in [9.17, 15) is 14.7 Å². The molecular weight excluding hydrogens is 404 g/mol. The first-order valence-electron chi connectivity index (χ1n) is 11.0. The van der Waals surface area contributed by atoms with Gasteiger partial charge in [-0.05, 0) is 68.0 Å². The van der Waals surface area contributed by atoms with Gasteiger partial charge in [0.2, 0.25) is 0 Å². The molecule has 0 saturated heterocycles. The van der Waals surface area contributed by atoms with E-state index in [-0.39, 0.29) is 5.78 Å². The van der Waals surface area contributed by atoms with Gasteiger partial charge in [-0.25, -0.2) is 0 Å². The van der Waals surface area contributed by atoms with E-state index in [1.807, 2.05) is 24.4 Å². The van der Waals surface area contributed by atoms with Gasteiger partial charge in [0.1, 0.15) is 5.75 Å². The van der Waals surface area contributed by atoms with Crippen molar-refractivity contribution in [3.8, 4) is 5.75 Å². The van der Waals surface area contributed by atoms with Crippen molar-refractivity contribution >= 4 is 34.0 Å². The zero-order chi connectivity index (χ0) is 22.4. The summed E-state index contributed by atoms with van der Waals surface area (Å²) in [5.41, 5.74) is 4.60. The Labute approximate surface area is 186 Å². The maximum atomic E-state index is 12.9. The Kier molecular flexibility index (Phi) is 5.08. The van der Waals surface area contributed by atoms with Crippen LogP contribution in [0.1, 0.15) is 35.2 Å². The second kappa shape index (κ2) is 7.93. The second-order valence-corrected chi connectivity index (χ2v) is 8.89. The van der Waals surface area contributed by atoms with Crippen LogP contribution in [-0.4, -0.2) is 35.5 Å². The Morgan fingerprint density at radius 3 is 2.66 bits per heavy atom. The van der Waals surface area contributed by atoms with Crippen LogP contribution in [0.25, 0.3) is 10.9 Å². The summed E-state index contributed by atoms with van der Waals surface area (Å²) in [5, 5.41) is 10.3. The summed E-state index contributed by atoms with van der Waals surface area (Å²) in [6.07, 6.45) is 4.64. The van der Waals surface area contributed by atoms with E-state index in [0.717, 1.165) is 34.4 Å². The van der Waals surface area contributed by atoms with E-state index in [2.05, 4.69) is 35.0 Å². The standard InChI is InChI=1S/C26H26N2O4/c1-15-5-10-22(18-4-3-11-27-24(15)18)28(14-16-6-7-16)17-8-9-19(23(12-17)32-2)25(29)20-13-21(20)26(30)31/h3-5,8-12,16,20-21H,6-7,13-14H2,1-2H3,(H,30,31). The first-order valence-corrected chi connectivity index (χ1v) is 11.0. The molecule has 2 unspecified atom stereocenters. The van der Waals surface area contributed by atoms with Crippen molar-refractivity contribution < 1.29 is 19.4 Å². The third-order valence-corrected chi connectivity index (χ3v) is 6.58. The van der Waals surface area contributed by atoms with Crippen molar-refractivity contribution in [2.24, 2.45) is 17.8 Å². The molecule has 1 heterocycles. The number of benzene rings is 2. The number of aromatic nitrogens is 1. The molecule has 2 fully saturated rings. The number of carboxylic acids is 1. The second-order valence-electron chi connectivity index (χ2n) is 8.89. The average molecular weight is 431 g/mol. The van der Waals surface area contributed by atoms with E-state index < -0.39 is 17.8 Å². The van der Waals surface area contributed by atoms with Gasteiger partial charge in [-0.3, -0.25) is 14.6 Å². The number of carbonyl (C=O) groups excluding carboxylic acids is 1. The van der Waals surface area contributed by atoms with Crippen LogP contribution in [0, 0.1) is 24.7 Å². The van der Waals surface area contributed by atoms with Crippen LogP contribution < -0.4 is 9.64 Å². The van der Waals surface area contributed by atoms with Crippen LogP contribution in [0.3, 0.4) is 0 Å². The van der Waals surface area contributed by atoms with Gasteiger partial charge in [0.15, 0.2) is 5.78 Å². The van der Waals surface area contributed by atoms with Crippen molar-refractivity contribution in [1.82, 2.24) is 4.98 Å². The molecule has 2 aliphatic carbocycles. The van der Waals surface area contributed by atoms with Crippen molar-refractivity contribution in [2.75, 3.05) is 18.6 Å². The number of aliphatic carboxylic acids is 1. The van der Waals surface area contributed by atoms with Crippen LogP contribution in [0.4, 0.5) is 11.4 Å². The van der Waals surface area contributed by atoms with Gasteiger partial charge >= 0.3 is 5.97 Å². The zero-order valence-corrected chi connectivity index (χ0v) is 18.2. The number of nitrogens with zero attached hydrogens (tertiary/aromatic N) is 2. The van der Waals surface area contributed by atoms with Crippen LogP contribution in [0.2, 0.25) is 0 Å². The third kappa shape index (κ3) is 3.70. The van der Waals surface area contributed by atoms with Gasteiger partial charge in [-0.15, -0.1) is 0 Å². The lowest BCUT2D eigenvalue weighted by molar-refractivity contribution is -0.138. The average Bonchev–Trinajstić information content (AvgIpc) is 3.72. The molecule has 2 aliphatic rings. The molecule has 1 aromatic heterocycles. The van der Waals surface area contributed by atoms with E-state index in [1.54, 1.807) is 13.2 Å². The summed E-state index contributed by atoms with van der Waals surface area (Å²) in [4.78, 5) is 31.0. The number of carbonyl (C=O) groups is 2. The number of hydrogen-bond donors (Lipinski definition) is 1. The highest BCUT2D eigenvalue weighted by atomic mass is 16.5. The summed E-state index contributed by atoms with van der Waals surface area (Å²) in [7, 11) is 1.55. The fourth-order valence-electron chi connectivity index (χ4n) is 4.44. The predicted octanol–water partition coefficient (Wildman–Crippen LogP) is 5.00. The molecule has 3 aromatic rings. The Morgan fingerprint density at radius 2 is 1.97 bits per heavy atom. The Morgan fingerprint density at radius 1 is 1.16 bits per heavy atom. The van der Waals surface area contributed by atoms with Gasteiger partial charge in [-0.2, -0.15) is 0 Å². The lowest BCUT2D eigenvalue weighted by Gasteiger charge is -2.27. The minimum Gasteiger partial charge on any atom is -0.496 e. The van der Waals surface area contributed by atoms with Crippen LogP contribution in [0.15, 0.2) is 48.7 Å². The lowest BCUT2D eigenvalue weighted by atomic mass is 10.0. The molecule has 1 N–H and O–H groups in total. The van der Waals surface area contributed by atoms with Gasteiger partial charge in [-0.1, -0.05) is 6.07 Å². The van der Waals surface area contributed by atoms with Gasteiger partial charge in [0, 0.05) is 35.8 Å². The first kappa shape index (κ1) is 20.5. The molecular formula is C26H26N2O4. The minimum absolute atomic E-state index is 0.153. The highest BCUT2D eigenvalue weighted by Crippen LogP contribution is 2.44. The highest BCUT2D eigenvalue weighted by Gasteiger charge is 2.48. The molecule has 2 saturated carbocycles. The third-order valence-electron chi connectivity index (χ3n) is 6.58. The van der Waals surface area contributed by atoms with Crippen molar-refractivity contribution in [3.63, 3.8) is 0 Å². The van der Waals surface area contributed by atoms with Crippen molar-refractivity contribution in [1.29, 1.82) is 0 Å². The maximum Gasteiger partial charge on any atom is 0.307 e. The van der Waals surface area contributed by atoms with Crippen LogP contribution in [0.5, 0.6) is 5.75 Å².